The lowest BCUT2D eigenvalue weighted by molar-refractivity contribution is 1.28. The van der Waals surface area contributed by atoms with E-state index in [4.69, 9.17) is 0 Å². The second-order valence-corrected chi connectivity index (χ2v) is 16.0. The highest BCUT2D eigenvalue weighted by atomic mass is 32.1. The average molecular weight is 756 g/mol. The third-order valence-corrected chi connectivity index (χ3v) is 12.6. The maximum absolute atomic E-state index is 2.42. The predicted octanol–water partition coefficient (Wildman–Crippen LogP) is 16.5. The van der Waals surface area contributed by atoms with Crippen molar-refractivity contribution in [1.29, 1.82) is 0 Å². The van der Waals surface area contributed by atoms with Crippen molar-refractivity contribution in [3.63, 3.8) is 0 Å². The zero-order valence-electron chi connectivity index (χ0n) is 31.7. The van der Waals surface area contributed by atoms with Crippen molar-refractivity contribution in [3.05, 3.63) is 224 Å². The van der Waals surface area contributed by atoms with Crippen LogP contribution in [0.4, 0.5) is 17.1 Å². The zero-order valence-corrected chi connectivity index (χ0v) is 32.5. The zero-order chi connectivity index (χ0) is 38.4. The van der Waals surface area contributed by atoms with Crippen LogP contribution in [0.25, 0.3) is 86.2 Å². The topological polar surface area (TPSA) is 3.24 Å². The van der Waals surface area contributed by atoms with E-state index in [1.165, 1.54) is 86.2 Å². The Balaban J connectivity index is 1.04. The lowest BCUT2D eigenvalue weighted by Gasteiger charge is -2.28. The Hall–Kier alpha value is -7.26. The van der Waals surface area contributed by atoms with Crippen LogP contribution in [0, 0.1) is 0 Å². The van der Waals surface area contributed by atoms with Crippen LogP contribution in [0.15, 0.2) is 224 Å². The first-order valence-corrected chi connectivity index (χ1v) is 20.6. The summed E-state index contributed by atoms with van der Waals surface area (Å²) in [5.41, 5.74) is 13.0. The Labute approximate surface area is 342 Å². The first-order chi connectivity index (χ1) is 28.7. The van der Waals surface area contributed by atoms with Crippen LogP contribution in [0.5, 0.6) is 0 Å². The fourth-order valence-corrected chi connectivity index (χ4v) is 9.73. The van der Waals surface area contributed by atoms with Gasteiger partial charge in [0.2, 0.25) is 0 Å². The monoisotopic (exact) mass is 755 g/mol. The lowest BCUT2D eigenvalue weighted by Crippen LogP contribution is -2.11. The molecule has 11 rings (SSSR count). The second-order valence-electron chi connectivity index (χ2n) is 14.9. The minimum absolute atomic E-state index is 1.10. The molecule has 0 atom stereocenters. The number of fused-ring (bicyclic) bond motifs is 5. The van der Waals surface area contributed by atoms with Crippen LogP contribution >= 0.6 is 11.3 Å². The molecule has 11 aromatic rings. The summed E-state index contributed by atoms with van der Waals surface area (Å²) >= 11 is 1.86. The van der Waals surface area contributed by atoms with Gasteiger partial charge in [0.25, 0.3) is 0 Å². The Bertz CT molecular complexity index is 3270. The number of benzene rings is 10. The van der Waals surface area contributed by atoms with E-state index in [0.717, 1.165) is 17.1 Å². The third kappa shape index (κ3) is 6.03. The summed E-state index contributed by atoms with van der Waals surface area (Å²) in [6, 6.07) is 82.0. The first kappa shape index (κ1) is 34.0. The lowest BCUT2D eigenvalue weighted by atomic mass is 9.95. The summed E-state index contributed by atoms with van der Waals surface area (Å²) < 4.78 is 2.63. The van der Waals surface area contributed by atoms with E-state index in [9.17, 15) is 0 Å². The maximum Gasteiger partial charge on any atom is 0.0540 e. The Morgan fingerprint density at radius 1 is 0.276 bits per heavy atom. The van der Waals surface area contributed by atoms with E-state index >= 15 is 0 Å². The fraction of sp³-hybridized carbons (Fsp3) is 0. The number of hydrogen-bond acceptors (Lipinski definition) is 2. The normalized spacial score (nSPS) is 11.4. The van der Waals surface area contributed by atoms with E-state index in [0.29, 0.717) is 0 Å². The molecule has 10 aromatic carbocycles. The van der Waals surface area contributed by atoms with Crippen LogP contribution in [-0.2, 0) is 0 Å². The molecule has 0 saturated heterocycles. The molecule has 0 spiro atoms. The molecule has 272 valence electrons. The molecule has 0 N–H and O–H groups in total. The van der Waals surface area contributed by atoms with Gasteiger partial charge in [-0.1, -0.05) is 176 Å². The molecule has 0 aliphatic rings. The summed E-state index contributed by atoms with van der Waals surface area (Å²) in [7, 11) is 0. The van der Waals surface area contributed by atoms with Crippen molar-refractivity contribution >= 4 is 70.1 Å². The van der Waals surface area contributed by atoms with Crippen LogP contribution in [0.1, 0.15) is 0 Å². The van der Waals surface area contributed by atoms with E-state index in [2.05, 4.69) is 229 Å². The van der Waals surface area contributed by atoms with Crippen LogP contribution in [-0.4, -0.2) is 0 Å². The highest BCUT2D eigenvalue weighted by Crippen LogP contribution is 2.44. The van der Waals surface area contributed by atoms with Crippen LogP contribution < -0.4 is 4.90 Å². The number of anilines is 3. The highest BCUT2D eigenvalue weighted by molar-refractivity contribution is 7.25. The molecule has 0 aliphatic heterocycles. The molecule has 0 amide bonds. The molecule has 1 aromatic heterocycles. The van der Waals surface area contributed by atoms with Gasteiger partial charge in [-0.15, -0.1) is 11.3 Å². The molecule has 0 radical (unpaired) electrons. The van der Waals surface area contributed by atoms with E-state index in [-0.39, 0.29) is 0 Å². The van der Waals surface area contributed by atoms with Gasteiger partial charge in [0.1, 0.15) is 0 Å². The van der Waals surface area contributed by atoms with Crippen LogP contribution in [0.2, 0.25) is 0 Å². The average Bonchev–Trinajstić information content (AvgIpc) is 3.67. The minimum atomic E-state index is 1.10. The molecule has 1 heterocycles. The van der Waals surface area contributed by atoms with Gasteiger partial charge in [-0.05, 0) is 109 Å². The van der Waals surface area contributed by atoms with Crippen molar-refractivity contribution in [2.75, 3.05) is 4.90 Å². The van der Waals surface area contributed by atoms with E-state index < -0.39 is 0 Å². The van der Waals surface area contributed by atoms with Crippen molar-refractivity contribution in [3.8, 4) is 44.5 Å². The Kier molecular flexibility index (Phi) is 8.42. The molecule has 0 bridgehead atoms. The summed E-state index contributed by atoms with van der Waals surface area (Å²) in [6.45, 7) is 0. The summed E-state index contributed by atoms with van der Waals surface area (Å²) in [5.74, 6) is 0. The third-order valence-electron chi connectivity index (χ3n) is 11.5. The van der Waals surface area contributed by atoms with Gasteiger partial charge in [-0.2, -0.15) is 0 Å². The minimum Gasteiger partial charge on any atom is -0.310 e. The summed E-state index contributed by atoms with van der Waals surface area (Å²) in [5, 5.41) is 7.64. The molecule has 58 heavy (non-hydrogen) atoms. The molecular weight excluding hydrogens is 719 g/mol. The summed E-state index contributed by atoms with van der Waals surface area (Å²) in [4.78, 5) is 2.42. The first-order valence-electron chi connectivity index (χ1n) is 19.8. The number of rotatable bonds is 7. The quantitative estimate of drug-likeness (QED) is 0.157. The number of thiophene rings is 1. The van der Waals surface area contributed by atoms with E-state index in [1.807, 2.05) is 11.3 Å². The van der Waals surface area contributed by atoms with Gasteiger partial charge in [0, 0.05) is 37.1 Å². The molecule has 0 aliphatic carbocycles. The van der Waals surface area contributed by atoms with Crippen molar-refractivity contribution in [2.45, 2.75) is 0 Å². The number of para-hydroxylation sites is 1. The maximum atomic E-state index is 2.42. The SMILES string of the molecule is c1cc(-c2ccc(-c3cccc4ccccc34)cc2)cc(N(c2ccc(-c3cccc4ccccc34)cc2)c2ccccc2-c2ccc3sc4ccccc4c3c2)c1. The largest absolute Gasteiger partial charge is 0.310 e. The molecule has 1 nitrogen and oxygen atoms in total. The molecule has 0 saturated carbocycles. The highest BCUT2D eigenvalue weighted by Gasteiger charge is 2.19. The molecule has 0 unspecified atom stereocenters. The smallest absolute Gasteiger partial charge is 0.0540 e. The number of nitrogens with zero attached hydrogens (tertiary/aromatic N) is 1. The van der Waals surface area contributed by atoms with Crippen molar-refractivity contribution in [2.24, 2.45) is 0 Å². The molecular formula is C56H37NS. The van der Waals surface area contributed by atoms with Gasteiger partial charge in [-0.3, -0.25) is 0 Å². The van der Waals surface area contributed by atoms with Gasteiger partial charge in [0.15, 0.2) is 0 Å². The van der Waals surface area contributed by atoms with Crippen molar-refractivity contribution < 1.29 is 0 Å². The van der Waals surface area contributed by atoms with Gasteiger partial charge < -0.3 is 4.90 Å². The van der Waals surface area contributed by atoms with Gasteiger partial charge in [0.05, 0.1) is 5.69 Å². The molecule has 2 heteroatoms. The fourth-order valence-electron chi connectivity index (χ4n) is 8.64. The Morgan fingerprint density at radius 3 is 1.52 bits per heavy atom. The molecule has 0 fully saturated rings. The van der Waals surface area contributed by atoms with Gasteiger partial charge in [-0.25, -0.2) is 0 Å². The predicted molar refractivity (Wildman–Crippen MR) is 251 cm³/mol. The van der Waals surface area contributed by atoms with E-state index in [1.54, 1.807) is 0 Å². The second kappa shape index (κ2) is 14.4. The summed E-state index contributed by atoms with van der Waals surface area (Å²) in [6.07, 6.45) is 0. The van der Waals surface area contributed by atoms with Crippen LogP contribution in [0.3, 0.4) is 0 Å². The van der Waals surface area contributed by atoms with Crippen molar-refractivity contribution in [1.82, 2.24) is 0 Å². The van der Waals surface area contributed by atoms with Gasteiger partial charge >= 0.3 is 0 Å². The number of hydrogen-bond donors (Lipinski definition) is 0. The standard InChI is InChI=1S/C56H37NS/c1-3-18-47-39(12-1)14-10-22-49(47)41-28-26-38(27-29-41)43-16-9-17-46(36-43)57(45-33-30-42(31-34-45)50-23-11-15-40-13-2-4-19-48(40)50)54-24-7-5-20-51(54)44-32-35-56-53(37-44)52-21-6-8-25-55(52)58-56/h1-37H. The Morgan fingerprint density at radius 2 is 0.793 bits per heavy atom.